The molecule has 0 bridgehead atoms. The standard InChI is InChI=1S/C20H24N2/c1-20(10-13-21)11-14-22(15-12-20)16-19-8-6-18(7-9-19)5-4-17-2-3-17/h6-9,17H,2-3,10-12,14-16H2,1H3. The van der Waals surface area contributed by atoms with Crippen molar-refractivity contribution in [3.05, 3.63) is 35.4 Å². The zero-order valence-electron chi connectivity index (χ0n) is 13.4. The lowest BCUT2D eigenvalue weighted by atomic mass is 9.78. The van der Waals surface area contributed by atoms with Crippen LogP contribution in [-0.2, 0) is 6.54 Å². The summed E-state index contributed by atoms with van der Waals surface area (Å²) in [6.45, 7) is 5.46. The highest BCUT2D eigenvalue weighted by Gasteiger charge is 2.29. The van der Waals surface area contributed by atoms with Crippen LogP contribution in [0.4, 0.5) is 0 Å². The number of nitriles is 1. The first kappa shape index (κ1) is 15.1. The number of nitrogens with zero attached hydrogens (tertiary/aromatic N) is 2. The van der Waals surface area contributed by atoms with E-state index in [0.29, 0.717) is 12.3 Å². The highest BCUT2D eigenvalue weighted by molar-refractivity contribution is 5.37. The largest absolute Gasteiger partial charge is 0.299 e. The predicted octanol–water partition coefficient (Wildman–Crippen LogP) is 3.96. The van der Waals surface area contributed by atoms with Gasteiger partial charge in [0.25, 0.3) is 0 Å². The van der Waals surface area contributed by atoms with Crippen molar-refractivity contribution in [3.63, 3.8) is 0 Å². The van der Waals surface area contributed by atoms with Gasteiger partial charge in [-0.3, -0.25) is 4.90 Å². The maximum atomic E-state index is 8.92. The van der Waals surface area contributed by atoms with Crippen molar-refractivity contribution >= 4 is 0 Å². The highest BCUT2D eigenvalue weighted by atomic mass is 15.1. The molecule has 1 aliphatic carbocycles. The SMILES string of the molecule is CC1(CC#N)CCN(Cc2ccc(C#CC3CC3)cc2)CC1. The van der Waals surface area contributed by atoms with Crippen LogP contribution < -0.4 is 0 Å². The van der Waals surface area contributed by atoms with Gasteiger partial charge >= 0.3 is 0 Å². The summed E-state index contributed by atoms with van der Waals surface area (Å²) in [6, 6.07) is 11.1. The lowest BCUT2D eigenvalue weighted by Crippen LogP contribution is -2.38. The quantitative estimate of drug-likeness (QED) is 0.788. The van der Waals surface area contributed by atoms with Crippen LogP contribution in [-0.4, -0.2) is 18.0 Å². The van der Waals surface area contributed by atoms with Crippen LogP contribution in [0.5, 0.6) is 0 Å². The molecule has 0 unspecified atom stereocenters. The molecule has 114 valence electrons. The van der Waals surface area contributed by atoms with Crippen LogP contribution in [0, 0.1) is 34.5 Å². The Morgan fingerprint density at radius 3 is 2.45 bits per heavy atom. The number of likely N-dealkylation sites (tertiary alicyclic amines) is 1. The number of piperidine rings is 1. The molecule has 2 aliphatic rings. The average molecular weight is 292 g/mol. The third kappa shape index (κ3) is 4.12. The molecule has 3 rings (SSSR count). The molecule has 0 amide bonds. The fraction of sp³-hybridized carbons (Fsp3) is 0.550. The van der Waals surface area contributed by atoms with Gasteiger partial charge in [0, 0.05) is 24.4 Å². The average Bonchev–Trinajstić information content (AvgIpc) is 3.34. The fourth-order valence-corrected chi connectivity index (χ4v) is 2.98. The summed E-state index contributed by atoms with van der Waals surface area (Å²) < 4.78 is 0. The summed E-state index contributed by atoms with van der Waals surface area (Å²) in [5.41, 5.74) is 2.73. The molecule has 1 saturated carbocycles. The third-order valence-electron chi connectivity index (χ3n) is 4.93. The van der Waals surface area contributed by atoms with Gasteiger partial charge in [-0.05, 0) is 61.9 Å². The number of hydrogen-bond acceptors (Lipinski definition) is 2. The monoisotopic (exact) mass is 292 g/mol. The Bertz CT molecular complexity index is 600. The Morgan fingerprint density at radius 1 is 1.18 bits per heavy atom. The molecule has 2 fully saturated rings. The molecular formula is C20H24N2. The lowest BCUT2D eigenvalue weighted by molar-refractivity contribution is 0.116. The van der Waals surface area contributed by atoms with Crippen LogP contribution in [0.15, 0.2) is 24.3 Å². The maximum Gasteiger partial charge on any atom is 0.0627 e. The molecular weight excluding hydrogens is 268 g/mol. The van der Waals surface area contributed by atoms with Crippen molar-refractivity contribution < 1.29 is 0 Å². The zero-order chi connectivity index (χ0) is 15.4. The summed E-state index contributed by atoms with van der Waals surface area (Å²) in [6.07, 6.45) is 5.52. The van der Waals surface area contributed by atoms with Gasteiger partial charge in [0.1, 0.15) is 0 Å². The van der Waals surface area contributed by atoms with E-state index >= 15 is 0 Å². The van der Waals surface area contributed by atoms with Gasteiger partial charge in [0.15, 0.2) is 0 Å². The Labute approximate surface area is 134 Å². The number of hydrogen-bond donors (Lipinski definition) is 0. The normalized spacial score (nSPS) is 20.7. The molecule has 1 saturated heterocycles. The highest BCUT2D eigenvalue weighted by Crippen LogP contribution is 2.34. The molecule has 2 nitrogen and oxygen atoms in total. The van der Waals surface area contributed by atoms with Crippen LogP contribution in [0.1, 0.15) is 50.2 Å². The molecule has 22 heavy (non-hydrogen) atoms. The van der Waals surface area contributed by atoms with Crippen molar-refractivity contribution in [1.82, 2.24) is 4.90 Å². The van der Waals surface area contributed by atoms with Crippen molar-refractivity contribution in [2.24, 2.45) is 11.3 Å². The van der Waals surface area contributed by atoms with E-state index in [-0.39, 0.29) is 5.41 Å². The molecule has 0 atom stereocenters. The minimum Gasteiger partial charge on any atom is -0.299 e. The number of benzene rings is 1. The summed E-state index contributed by atoms with van der Waals surface area (Å²) in [5.74, 6) is 7.24. The van der Waals surface area contributed by atoms with E-state index in [1.165, 1.54) is 18.4 Å². The van der Waals surface area contributed by atoms with Crippen LogP contribution >= 0.6 is 0 Å². The van der Waals surface area contributed by atoms with E-state index in [2.05, 4.69) is 54.0 Å². The maximum absolute atomic E-state index is 8.92. The molecule has 1 heterocycles. The van der Waals surface area contributed by atoms with E-state index in [9.17, 15) is 0 Å². The van der Waals surface area contributed by atoms with Gasteiger partial charge < -0.3 is 0 Å². The van der Waals surface area contributed by atoms with Gasteiger partial charge in [0.2, 0.25) is 0 Å². The van der Waals surface area contributed by atoms with Crippen LogP contribution in [0.2, 0.25) is 0 Å². The van der Waals surface area contributed by atoms with E-state index in [0.717, 1.165) is 38.0 Å². The van der Waals surface area contributed by atoms with E-state index in [1.807, 2.05) is 0 Å². The van der Waals surface area contributed by atoms with Gasteiger partial charge in [-0.15, -0.1) is 0 Å². The van der Waals surface area contributed by atoms with Crippen LogP contribution in [0.3, 0.4) is 0 Å². The number of rotatable bonds is 3. The minimum absolute atomic E-state index is 0.230. The van der Waals surface area contributed by atoms with Gasteiger partial charge in [0.05, 0.1) is 6.07 Å². The first-order valence-corrected chi connectivity index (χ1v) is 8.37. The second-order valence-electron chi connectivity index (χ2n) is 7.16. The molecule has 0 N–H and O–H groups in total. The molecule has 0 radical (unpaired) electrons. The van der Waals surface area contributed by atoms with Crippen molar-refractivity contribution in [2.75, 3.05) is 13.1 Å². The molecule has 0 aromatic heterocycles. The van der Waals surface area contributed by atoms with E-state index in [1.54, 1.807) is 0 Å². The van der Waals surface area contributed by atoms with Crippen molar-refractivity contribution in [3.8, 4) is 17.9 Å². The Hall–Kier alpha value is -1.77. The summed E-state index contributed by atoms with van der Waals surface area (Å²) in [5, 5.41) is 8.92. The minimum atomic E-state index is 0.230. The smallest absolute Gasteiger partial charge is 0.0627 e. The molecule has 1 aromatic carbocycles. The Morgan fingerprint density at radius 2 is 1.86 bits per heavy atom. The first-order valence-electron chi connectivity index (χ1n) is 8.37. The second kappa shape index (κ2) is 6.55. The third-order valence-corrected chi connectivity index (χ3v) is 4.93. The van der Waals surface area contributed by atoms with Gasteiger partial charge in [-0.25, -0.2) is 0 Å². The predicted molar refractivity (Wildman–Crippen MR) is 88.9 cm³/mol. The molecule has 1 aliphatic heterocycles. The molecule has 0 spiro atoms. The summed E-state index contributed by atoms with van der Waals surface area (Å²) in [4.78, 5) is 2.50. The van der Waals surface area contributed by atoms with E-state index < -0.39 is 0 Å². The van der Waals surface area contributed by atoms with Crippen molar-refractivity contribution in [2.45, 2.75) is 45.6 Å². The fourth-order valence-electron chi connectivity index (χ4n) is 2.98. The summed E-state index contributed by atoms with van der Waals surface area (Å²) >= 11 is 0. The topological polar surface area (TPSA) is 27.0 Å². The van der Waals surface area contributed by atoms with Gasteiger partial charge in [-0.1, -0.05) is 30.9 Å². The Kier molecular flexibility index (Phi) is 4.51. The molecule has 1 aromatic rings. The molecule has 2 heteroatoms. The summed E-state index contributed by atoms with van der Waals surface area (Å²) in [7, 11) is 0. The van der Waals surface area contributed by atoms with Crippen LogP contribution in [0.25, 0.3) is 0 Å². The Balaban J connectivity index is 1.52. The zero-order valence-corrected chi connectivity index (χ0v) is 13.4. The first-order chi connectivity index (χ1) is 10.7. The second-order valence-corrected chi connectivity index (χ2v) is 7.16. The lowest BCUT2D eigenvalue weighted by Gasteiger charge is -2.38. The van der Waals surface area contributed by atoms with E-state index in [4.69, 9.17) is 5.26 Å². The van der Waals surface area contributed by atoms with Gasteiger partial charge in [-0.2, -0.15) is 5.26 Å². The van der Waals surface area contributed by atoms with Crippen molar-refractivity contribution in [1.29, 1.82) is 5.26 Å².